The van der Waals surface area contributed by atoms with Crippen LogP contribution in [-0.2, 0) is 25.9 Å². The van der Waals surface area contributed by atoms with Gasteiger partial charge in [0.15, 0.2) is 5.78 Å². The Kier molecular flexibility index (Phi) is 9.01. The third-order valence-corrected chi connectivity index (χ3v) is 2.75. The van der Waals surface area contributed by atoms with Gasteiger partial charge in [-0.15, -0.1) is 6.07 Å². The van der Waals surface area contributed by atoms with Gasteiger partial charge in [0.2, 0.25) is 0 Å². The first kappa shape index (κ1) is 21.9. The van der Waals surface area contributed by atoms with Crippen molar-refractivity contribution >= 4 is 5.78 Å². The van der Waals surface area contributed by atoms with Crippen molar-refractivity contribution < 1.29 is 44.3 Å². The normalized spacial score (nSPS) is 10.2. The molecule has 0 aliphatic carbocycles. The van der Waals surface area contributed by atoms with Gasteiger partial charge in [0.05, 0.1) is 29.3 Å². The molecule has 0 radical (unpaired) electrons. The first-order chi connectivity index (χ1) is 10.7. The molecule has 6 heteroatoms. The number of aromatic nitrogens is 1. The van der Waals surface area contributed by atoms with Crippen molar-refractivity contribution in [3.63, 3.8) is 0 Å². The van der Waals surface area contributed by atoms with Crippen LogP contribution in [-0.4, -0.2) is 10.9 Å². The van der Waals surface area contributed by atoms with E-state index in [9.17, 15) is 13.6 Å². The Balaban J connectivity index is 0.000000570. The van der Waals surface area contributed by atoms with Crippen molar-refractivity contribution in [2.45, 2.75) is 13.8 Å². The molecule has 130 valence electrons. The second-order valence-corrected chi connectivity index (χ2v) is 4.87. The van der Waals surface area contributed by atoms with Gasteiger partial charge in [-0.25, -0.2) is 8.78 Å². The zero-order valence-corrected chi connectivity index (χ0v) is 15.6. The first-order valence-corrected chi connectivity index (χ1v) is 6.73. The number of carbonyl (C=O) groups excluding carboxylic acids is 1. The number of allylic oxidation sites excluding steroid dienone is 2. The predicted octanol–water partition coefficient (Wildman–Crippen LogP) is 3.78. The minimum atomic E-state index is -0.631. The van der Waals surface area contributed by atoms with Gasteiger partial charge < -0.3 is 9.67 Å². The fourth-order valence-electron chi connectivity index (χ4n) is 1.91. The summed E-state index contributed by atoms with van der Waals surface area (Å²) in [4.78, 5) is 10.0. The second-order valence-electron chi connectivity index (χ2n) is 4.87. The van der Waals surface area contributed by atoms with Crippen LogP contribution in [0.4, 0.5) is 8.78 Å². The number of rotatable bonds is 2. The van der Waals surface area contributed by atoms with E-state index in [2.05, 4.69) is 14.0 Å². The zero-order chi connectivity index (χ0) is 17.6. The number of halogens is 2. The molecule has 0 unspecified atom stereocenters. The van der Waals surface area contributed by atoms with Gasteiger partial charge >= 0.3 is 21.1 Å². The monoisotopic (exact) mass is 513 g/mol. The molecule has 0 atom stereocenters. The molecular weight excluding hydrogens is 495 g/mol. The van der Waals surface area contributed by atoms with Crippen LogP contribution >= 0.6 is 0 Å². The summed E-state index contributed by atoms with van der Waals surface area (Å²) in [6, 6.07) is 7.29. The molecule has 1 heterocycles. The van der Waals surface area contributed by atoms with Gasteiger partial charge in [0.25, 0.3) is 0 Å². The van der Waals surface area contributed by atoms with Gasteiger partial charge in [-0.3, -0.25) is 4.79 Å². The molecule has 1 aromatic heterocycles. The Hall–Kier alpha value is -2.13. The zero-order valence-electron chi connectivity index (χ0n) is 13.3. The minimum Gasteiger partial charge on any atom is -0.512 e. The van der Waals surface area contributed by atoms with E-state index in [0.717, 1.165) is 6.07 Å². The molecule has 0 aliphatic heterocycles. The van der Waals surface area contributed by atoms with Crippen LogP contribution < -0.4 is 4.57 Å². The number of hydrogen-bond acceptors (Lipinski definition) is 2. The summed E-state index contributed by atoms with van der Waals surface area (Å²) in [5.74, 6) is -1.32. The molecule has 0 spiro atoms. The van der Waals surface area contributed by atoms with Crippen LogP contribution in [0.2, 0.25) is 0 Å². The minimum absolute atomic E-state index is 0. The van der Waals surface area contributed by atoms with Crippen LogP contribution in [0.25, 0.3) is 11.3 Å². The largest absolute Gasteiger partial charge is 2.00 e. The van der Waals surface area contributed by atoms with Gasteiger partial charge in [0, 0.05) is 13.1 Å². The standard InChI is InChI=1S/C13H10F2N.C5H8O2.Pt/c1-9-7-10(14)8-11(15)13(9)12-5-3-4-6-16(12)2;1-4(6)3-5(2)7;/h3-8H,1-2H2;3,6H,1-2H3;/q-1;;+2/b;4-3-;. The molecule has 0 bridgehead atoms. The van der Waals surface area contributed by atoms with Crippen LogP contribution in [0.1, 0.15) is 19.4 Å². The molecule has 0 fully saturated rings. The third-order valence-electron chi connectivity index (χ3n) is 2.75. The van der Waals surface area contributed by atoms with E-state index >= 15 is 0 Å². The van der Waals surface area contributed by atoms with Crippen molar-refractivity contribution in [3.05, 3.63) is 79.5 Å². The van der Waals surface area contributed by atoms with Gasteiger partial charge in [-0.05, 0) is 19.9 Å². The van der Waals surface area contributed by atoms with E-state index in [1.165, 1.54) is 30.6 Å². The Bertz CT molecular complexity index is 719. The Morgan fingerprint density at radius 1 is 1.25 bits per heavy atom. The van der Waals surface area contributed by atoms with Crippen molar-refractivity contribution in [3.8, 4) is 11.3 Å². The van der Waals surface area contributed by atoms with Gasteiger partial charge in [-0.2, -0.15) is 12.5 Å². The predicted molar refractivity (Wildman–Crippen MR) is 84.3 cm³/mol. The van der Waals surface area contributed by atoms with E-state index < -0.39 is 11.6 Å². The summed E-state index contributed by atoms with van der Waals surface area (Å²) in [6.45, 7) is 6.49. The van der Waals surface area contributed by atoms with Crippen LogP contribution in [0, 0.1) is 25.6 Å². The summed E-state index contributed by atoms with van der Waals surface area (Å²) in [7, 11) is 3.73. The maximum atomic E-state index is 13.7. The molecule has 1 aromatic carbocycles. The van der Waals surface area contributed by atoms with Crippen LogP contribution in [0.15, 0.2) is 48.4 Å². The average molecular weight is 513 g/mol. The third kappa shape index (κ3) is 6.55. The summed E-state index contributed by atoms with van der Waals surface area (Å²) < 4.78 is 28.1. The number of aliphatic hydroxyl groups is 1. The molecule has 3 nitrogen and oxygen atoms in total. The summed E-state index contributed by atoms with van der Waals surface area (Å²) in [5.41, 5.74) is 1.14. The molecule has 0 amide bonds. The number of pyridine rings is 1. The number of aliphatic hydroxyl groups excluding tert-OH is 1. The molecule has 0 saturated carbocycles. The maximum Gasteiger partial charge on any atom is 2.00 e. The molecule has 0 saturated heterocycles. The van der Waals surface area contributed by atoms with Crippen molar-refractivity contribution in [1.82, 2.24) is 0 Å². The molecule has 0 aliphatic rings. The SMILES string of the molecule is CC(=O)/C=C(/C)O.[CH2-]c1cc(F)cc(F)c1-c1cccc[n+]1[CH2-].[Pt+2]. The summed E-state index contributed by atoms with van der Waals surface area (Å²) in [6.07, 6.45) is 2.86. The van der Waals surface area contributed by atoms with Crippen molar-refractivity contribution in [1.29, 1.82) is 0 Å². The first-order valence-electron chi connectivity index (χ1n) is 6.73. The van der Waals surface area contributed by atoms with Gasteiger partial charge in [0.1, 0.15) is 0 Å². The van der Waals surface area contributed by atoms with Crippen LogP contribution in [0.5, 0.6) is 0 Å². The van der Waals surface area contributed by atoms with E-state index in [1.807, 2.05) is 0 Å². The summed E-state index contributed by atoms with van der Waals surface area (Å²) in [5, 5.41) is 8.36. The molecule has 24 heavy (non-hydrogen) atoms. The molecule has 2 aromatic rings. The number of carbonyl (C=O) groups is 1. The van der Waals surface area contributed by atoms with E-state index in [4.69, 9.17) is 5.11 Å². The average Bonchev–Trinajstić information content (AvgIpc) is 2.38. The van der Waals surface area contributed by atoms with E-state index in [-0.39, 0.29) is 38.2 Å². The number of ketones is 1. The number of hydrogen-bond donors (Lipinski definition) is 1. The van der Waals surface area contributed by atoms with Crippen molar-refractivity contribution in [2.24, 2.45) is 0 Å². The fraction of sp³-hybridized carbons (Fsp3) is 0.111. The van der Waals surface area contributed by atoms with Crippen LogP contribution in [0.3, 0.4) is 0 Å². The van der Waals surface area contributed by atoms with Gasteiger partial charge in [-0.1, -0.05) is 23.8 Å². The van der Waals surface area contributed by atoms with Crippen molar-refractivity contribution in [2.75, 3.05) is 0 Å². The van der Waals surface area contributed by atoms with E-state index in [0.29, 0.717) is 11.3 Å². The Morgan fingerprint density at radius 2 is 1.88 bits per heavy atom. The van der Waals surface area contributed by atoms with E-state index in [1.54, 1.807) is 24.4 Å². The smallest absolute Gasteiger partial charge is 0.512 e. The fourth-order valence-corrected chi connectivity index (χ4v) is 1.91. The Labute approximate surface area is 154 Å². The maximum absolute atomic E-state index is 13.7. The summed E-state index contributed by atoms with van der Waals surface area (Å²) >= 11 is 0. The molecule has 1 N–H and O–H groups in total. The topological polar surface area (TPSA) is 41.2 Å². The quantitative estimate of drug-likeness (QED) is 0.288. The molecular formula is C18H18F2NO2Pt+. The second kappa shape index (κ2) is 9.88. The number of benzene rings is 1. The Morgan fingerprint density at radius 3 is 2.29 bits per heavy atom. The number of nitrogens with zero attached hydrogens (tertiary/aromatic N) is 1. The molecule has 2 rings (SSSR count).